The van der Waals surface area contributed by atoms with Gasteiger partial charge in [-0.05, 0) is 31.4 Å². The lowest BCUT2D eigenvalue weighted by atomic mass is 9.84. The monoisotopic (exact) mass is 231 g/mol. The first-order valence-electron chi connectivity index (χ1n) is 6.10. The van der Waals surface area contributed by atoms with E-state index < -0.39 is 5.97 Å². The van der Waals surface area contributed by atoms with E-state index in [1.165, 1.54) is 16.8 Å². The topological polar surface area (TPSA) is 40.5 Å². The van der Waals surface area contributed by atoms with Crippen LogP contribution in [0.5, 0.6) is 0 Å². The summed E-state index contributed by atoms with van der Waals surface area (Å²) in [5.41, 5.74) is 3.61. The summed E-state index contributed by atoms with van der Waals surface area (Å²) < 4.78 is 0. The first kappa shape index (κ1) is 10.6. The molecule has 3 rings (SSSR count). The lowest BCUT2D eigenvalue weighted by Crippen LogP contribution is -2.32. The number of rotatable bonds is 1. The quantitative estimate of drug-likeness (QED) is 0.805. The molecular weight excluding hydrogens is 214 g/mol. The number of hydrogen-bond donors (Lipinski definition) is 1. The summed E-state index contributed by atoms with van der Waals surface area (Å²) in [5.74, 6) is -0.807. The van der Waals surface area contributed by atoms with Crippen LogP contribution in [0.4, 0.5) is 5.69 Å². The average Bonchev–Trinajstić information content (AvgIpc) is 3.00. The van der Waals surface area contributed by atoms with Gasteiger partial charge >= 0.3 is 5.97 Å². The van der Waals surface area contributed by atoms with Crippen molar-refractivity contribution < 1.29 is 9.90 Å². The van der Waals surface area contributed by atoms with Crippen LogP contribution in [0.15, 0.2) is 18.2 Å². The number of aliphatic carboxylic acids is 1. The number of hydrogen-bond acceptors (Lipinski definition) is 2. The Morgan fingerprint density at radius 1 is 1.53 bits per heavy atom. The Morgan fingerprint density at radius 2 is 2.29 bits per heavy atom. The molecule has 1 aliphatic heterocycles. The third kappa shape index (κ3) is 1.38. The second kappa shape index (κ2) is 3.25. The summed E-state index contributed by atoms with van der Waals surface area (Å²) in [6.07, 6.45) is 1.78. The molecule has 17 heavy (non-hydrogen) atoms. The van der Waals surface area contributed by atoms with Crippen LogP contribution in [-0.2, 0) is 10.2 Å². The molecule has 0 aromatic heterocycles. The second-order valence-corrected chi connectivity index (χ2v) is 5.44. The van der Waals surface area contributed by atoms with Gasteiger partial charge in [-0.25, -0.2) is 0 Å². The highest BCUT2D eigenvalue weighted by Gasteiger charge is 2.61. The molecule has 1 spiro atoms. The smallest absolute Gasteiger partial charge is 0.307 e. The Kier molecular flexibility index (Phi) is 2.03. The molecule has 1 aliphatic carbocycles. The number of aryl methyl sites for hydroxylation is 1. The molecule has 3 heteroatoms. The summed E-state index contributed by atoms with van der Waals surface area (Å²) in [6, 6.07) is 6.41. The first-order chi connectivity index (χ1) is 8.04. The van der Waals surface area contributed by atoms with Crippen molar-refractivity contribution in [3.8, 4) is 0 Å². The van der Waals surface area contributed by atoms with E-state index in [0.717, 1.165) is 19.4 Å². The first-order valence-corrected chi connectivity index (χ1v) is 6.10. The predicted octanol–water partition coefficient (Wildman–Crippen LogP) is 2.18. The van der Waals surface area contributed by atoms with E-state index in [1.807, 2.05) is 0 Å². The Morgan fingerprint density at radius 3 is 2.94 bits per heavy atom. The minimum atomic E-state index is -0.637. The molecule has 2 aliphatic rings. The third-order valence-electron chi connectivity index (χ3n) is 4.37. The van der Waals surface area contributed by atoms with Gasteiger partial charge in [0.15, 0.2) is 0 Å². The second-order valence-electron chi connectivity index (χ2n) is 5.44. The van der Waals surface area contributed by atoms with Crippen LogP contribution in [0, 0.1) is 12.8 Å². The van der Waals surface area contributed by atoms with E-state index >= 15 is 0 Å². The molecule has 0 saturated heterocycles. The number of carboxylic acid groups (broad SMARTS) is 1. The van der Waals surface area contributed by atoms with Gasteiger partial charge in [0, 0.05) is 24.7 Å². The number of fused-ring (bicyclic) bond motifs is 2. The van der Waals surface area contributed by atoms with Gasteiger partial charge in [-0.2, -0.15) is 0 Å². The Labute approximate surface area is 101 Å². The van der Waals surface area contributed by atoms with Gasteiger partial charge in [-0.3, -0.25) is 4.79 Å². The fraction of sp³-hybridized carbons (Fsp3) is 0.500. The lowest BCUT2D eigenvalue weighted by Gasteiger charge is -2.34. The summed E-state index contributed by atoms with van der Waals surface area (Å²) in [6.45, 7) is 3.03. The zero-order valence-corrected chi connectivity index (χ0v) is 10.2. The van der Waals surface area contributed by atoms with E-state index in [-0.39, 0.29) is 11.3 Å². The van der Waals surface area contributed by atoms with Gasteiger partial charge in [0.1, 0.15) is 0 Å². The molecule has 0 amide bonds. The minimum Gasteiger partial charge on any atom is -0.481 e. The highest BCUT2D eigenvalue weighted by atomic mass is 16.4. The van der Waals surface area contributed by atoms with Crippen molar-refractivity contribution in [2.75, 3.05) is 18.5 Å². The van der Waals surface area contributed by atoms with Crippen LogP contribution >= 0.6 is 0 Å². The molecule has 1 heterocycles. The number of anilines is 1. The fourth-order valence-corrected chi connectivity index (χ4v) is 3.21. The number of carboxylic acids is 1. The van der Waals surface area contributed by atoms with E-state index in [2.05, 4.69) is 37.1 Å². The highest BCUT2D eigenvalue weighted by molar-refractivity contribution is 5.79. The van der Waals surface area contributed by atoms with Crippen LogP contribution in [0.1, 0.15) is 24.0 Å². The molecular formula is C14H17NO2. The summed E-state index contributed by atoms with van der Waals surface area (Å²) >= 11 is 0. The van der Waals surface area contributed by atoms with E-state index in [4.69, 9.17) is 0 Å². The zero-order valence-electron chi connectivity index (χ0n) is 10.2. The Balaban J connectivity index is 2.10. The molecule has 1 saturated carbocycles. The Bertz CT molecular complexity index is 497. The molecule has 1 N–H and O–H groups in total. The van der Waals surface area contributed by atoms with E-state index in [0.29, 0.717) is 0 Å². The van der Waals surface area contributed by atoms with Crippen LogP contribution in [0.2, 0.25) is 0 Å². The van der Waals surface area contributed by atoms with Crippen LogP contribution in [0.25, 0.3) is 0 Å². The maximum Gasteiger partial charge on any atom is 0.307 e. The van der Waals surface area contributed by atoms with Gasteiger partial charge in [-0.1, -0.05) is 17.7 Å². The van der Waals surface area contributed by atoms with Crippen LogP contribution < -0.4 is 4.90 Å². The van der Waals surface area contributed by atoms with E-state index in [9.17, 15) is 9.90 Å². The molecule has 2 atom stereocenters. The zero-order chi connectivity index (χ0) is 12.2. The molecule has 0 radical (unpaired) electrons. The van der Waals surface area contributed by atoms with Crippen molar-refractivity contribution in [1.29, 1.82) is 0 Å². The molecule has 1 fully saturated rings. The average molecular weight is 231 g/mol. The molecule has 0 bridgehead atoms. The predicted molar refractivity (Wildman–Crippen MR) is 66.5 cm³/mol. The SMILES string of the molecule is Cc1ccc2c(c1)C1(CCN2C)CC1C(=O)O. The van der Waals surface area contributed by atoms with Crippen molar-refractivity contribution in [2.24, 2.45) is 5.92 Å². The van der Waals surface area contributed by atoms with Gasteiger partial charge in [0.05, 0.1) is 5.92 Å². The van der Waals surface area contributed by atoms with E-state index in [1.54, 1.807) is 0 Å². The fourth-order valence-electron chi connectivity index (χ4n) is 3.21. The largest absolute Gasteiger partial charge is 0.481 e. The summed E-state index contributed by atoms with van der Waals surface area (Å²) in [5, 5.41) is 9.22. The van der Waals surface area contributed by atoms with Gasteiger partial charge in [0.25, 0.3) is 0 Å². The van der Waals surface area contributed by atoms with Crippen molar-refractivity contribution in [3.63, 3.8) is 0 Å². The number of benzene rings is 1. The minimum absolute atomic E-state index is 0.0697. The maximum atomic E-state index is 11.2. The third-order valence-corrected chi connectivity index (χ3v) is 4.37. The molecule has 90 valence electrons. The standard InChI is InChI=1S/C14H17NO2/c1-9-3-4-12-10(7-9)14(5-6-15(12)2)8-11(14)13(16)17/h3-4,7,11H,5-6,8H2,1-2H3,(H,16,17). The van der Waals surface area contributed by atoms with Gasteiger partial charge in [-0.15, -0.1) is 0 Å². The molecule has 1 aromatic carbocycles. The van der Waals surface area contributed by atoms with Gasteiger partial charge in [0.2, 0.25) is 0 Å². The molecule has 2 unspecified atom stereocenters. The maximum absolute atomic E-state index is 11.2. The van der Waals surface area contributed by atoms with Crippen molar-refractivity contribution in [2.45, 2.75) is 25.2 Å². The molecule has 1 aromatic rings. The van der Waals surface area contributed by atoms with Crippen molar-refractivity contribution in [1.82, 2.24) is 0 Å². The molecule has 3 nitrogen and oxygen atoms in total. The number of carbonyl (C=O) groups is 1. The lowest BCUT2D eigenvalue weighted by molar-refractivity contribution is -0.139. The van der Waals surface area contributed by atoms with Crippen molar-refractivity contribution >= 4 is 11.7 Å². The summed E-state index contributed by atoms with van der Waals surface area (Å²) in [7, 11) is 2.08. The Hall–Kier alpha value is -1.51. The normalized spacial score (nSPS) is 30.2. The highest BCUT2D eigenvalue weighted by Crippen LogP contribution is 2.60. The van der Waals surface area contributed by atoms with Crippen molar-refractivity contribution in [3.05, 3.63) is 29.3 Å². The number of nitrogens with zero attached hydrogens (tertiary/aromatic N) is 1. The van der Waals surface area contributed by atoms with Crippen LogP contribution in [0.3, 0.4) is 0 Å². The summed E-state index contributed by atoms with van der Waals surface area (Å²) in [4.78, 5) is 13.4. The van der Waals surface area contributed by atoms with Crippen LogP contribution in [-0.4, -0.2) is 24.7 Å². The van der Waals surface area contributed by atoms with Gasteiger partial charge < -0.3 is 10.0 Å².